The summed E-state index contributed by atoms with van der Waals surface area (Å²) in [6.07, 6.45) is 0.642. The van der Waals surface area contributed by atoms with Crippen molar-refractivity contribution in [1.82, 2.24) is 4.72 Å². The van der Waals surface area contributed by atoms with Gasteiger partial charge in [-0.25, -0.2) is 8.42 Å². The number of anilines is 1. The quantitative estimate of drug-likeness (QED) is 0.717. The molecule has 2 rings (SSSR count). The van der Waals surface area contributed by atoms with E-state index in [0.717, 1.165) is 11.1 Å². The topological polar surface area (TPSA) is 75.3 Å². The Hall–Kier alpha value is -1.89. The molecule has 5 nitrogen and oxygen atoms in total. The largest absolute Gasteiger partial charge is 0.324 e. The first kappa shape index (κ1) is 21.4. The van der Waals surface area contributed by atoms with E-state index in [-0.39, 0.29) is 10.8 Å². The van der Waals surface area contributed by atoms with E-state index in [4.69, 9.17) is 11.6 Å². The van der Waals surface area contributed by atoms with Crippen molar-refractivity contribution in [2.45, 2.75) is 45.1 Å². The zero-order chi connectivity index (χ0) is 20.2. The van der Waals surface area contributed by atoms with Crippen LogP contribution in [0, 0.1) is 19.8 Å². The number of aryl methyl sites for hydroxylation is 2. The number of carbonyl (C=O) groups excluding carboxylic acids is 1. The standard InChI is InChI=1S/C20H25ClN2O3S/c1-5-14(3)19(20(24)22-18-12-16(21)9-8-15(18)4)23-27(25,26)17-10-6-13(2)7-11-17/h6-12,14,19,23H,5H2,1-4H3,(H,22,24)/t14-,19+/m0/s1. The van der Waals surface area contributed by atoms with Crippen molar-refractivity contribution in [2.24, 2.45) is 5.92 Å². The molecule has 0 unspecified atom stereocenters. The normalized spacial score (nSPS) is 13.8. The third kappa shape index (κ3) is 5.54. The summed E-state index contributed by atoms with van der Waals surface area (Å²) in [5, 5.41) is 3.30. The highest BCUT2D eigenvalue weighted by molar-refractivity contribution is 7.89. The zero-order valence-corrected chi connectivity index (χ0v) is 17.5. The van der Waals surface area contributed by atoms with E-state index in [9.17, 15) is 13.2 Å². The van der Waals surface area contributed by atoms with E-state index >= 15 is 0 Å². The van der Waals surface area contributed by atoms with Crippen LogP contribution in [0.4, 0.5) is 5.69 Å². The summed E-state index contributed by atoms with van der Waals surface area (Å²) in [5.41, 5.74) is 2.37. The fraction of sp³-hybridized carbons (Fsp3) is 0.350. The monoisotopic (exact) mass is 408 g/mol. The minimum atomic E-state index is -3.82. The minimum Gasteiger partial charge on any atom is -0.324 e. The molecule has 0 fully saturated rings. The van der Waals surface area contributed by atoms with Crippen LogP contribution in [0.15, 0.2) is 47.4 Å². The minimum absolute atomic E-state index is 0.133. The lowest BCUT2D eigenvalue weighted by atomic mass is 9.99. The maximum Gasteiger partial charge on any atom is 0.242 e. The second kappa shape index (κ2) is 8.87. The van der Waals surface area contributed by atoms with Crippen LogP contribution in [0.3, 0.4) is 0 Å². The van der Waals surface area contributed by atoms with Crippen LogP contribution in [0.2, 0.25) is 5.02 Å². The number of halogens is 1. The highest BCUT2D eigenvalue weighted by atomic mass is 35.5. The van der Waals surface area contributed by atoms with Gasteiger partial charge in [-0.15, -0.1) is 0 Å². The summed E-state index contributed by atoms with van der Waals surface area (Å²) >= 11 is 6.01. The smallest absolute Gasteiger partial charge is 0.242 e. The van der Waals surface area contributed by atoms with Gasteiger partial charge in [0.05, 0.1) is 4.90 Å². The molecule has 146 valence electrons. The van der Waals surface area contributed by atoms with Crippen LogP contribution in [0.25, 0.3) is 0 Å². The van der Waals surface area contributed by atoms with Crippen LogP contribution in [0.5, 0.6) is 0 Å². The molecule has 2 aromatic rings. The molecule has 0 aliphatic heterocycles. The Kier molecular flexibility index (Phi) is 7.03. The Morgan fingerprint density at radius 3 is 2.33 bits per heavy atom. The van der Waals surface area contributed by atoms with Gasteiger partial charge in [0.1, 0.15) is 6.04 Å². The first-order chi connectivity index (χ1) is 12.6. The molecule has 2 atom stereocenters. The summed E-state index contributed by atoms with van der Waals surface area (Å²) in [6.45, 7) is 7.48. The van der Waals surface area contributed by atoms with Crippen molar-refractivity contribution in [3.63, 3.8) is 0 Å². The van der Waals surface area contributed by atoms with Gasteiger partial charge in [0.2, 0.25) is 15.9 Å². The maximum atomic E-state index is 12.9. The molecule has 0 aliphatic rings. The summed E-state index contributed by atoms with van der Waals surface area (Å²) in [5.74, 6) is -0.602. The zero-order valence-electron chi connectivity index (χ0n) is 15.9. The summed E-state index contributed by atoms with van der Waals surface area (Å²) in [4.78, 5) is 13.0. The number of hydrogen-bond donors (Lipinski definition) is 2. The summed E-state index contributed by atoms with van der Waals surface area (Å²) in [6, 6.07) is 10.8. The first-order valence-electron chi connectivity index (χ1n) is 8.80. The Labute approximate surface area is 166 Å². The fourth-order valence-corrected chi connectivity index (χ4v) is 4.03. The second-order valence-electron chi connectivity index (χ2n) is 6.75. The third-order valence-corrected chi connectivity index (χ3v) is 6.26. The van der Waals surface area contributed by atoms with Crippen LogP contribution >= 0.6 is 11.6 Å². The maximum absolute atomic E-state index is 12.9. The lowest BCUT2D eigenvalue weighted by Crippen LogP contribution is -2.47. The number of carbonyl (C=O) groups is 1. The Morgan fingerprint density at radius 2 is 1.74 bits per heavy atom. The van der Waals surface area contributed by atoms with Gasteiger partial charge in [-0.2, -0.15) is 4.72 Å². The van der Waals surface area contributed by atoms with Gasteiger partial charge in [0, 0.05) is 10.7 Å². The average molecular weight is 409 g/mol. The van der Waals surface area contributed by atoms with E-state index in [1.165, 1.54) is 12.1 Å². The molecular weight excluding hydrogens is 384 g/mol. The molecule has 2 aromatic carbocycles. The van der Waals surface area contributed by atoms with E-state index in [0.29, 0.717) is 17.1 Å². The molecule has 0 saturated carbocycles. The molecule has 0 aliphatic carbocycles. The number of benzene rings is 2. The molecule has 0 saturated heterocycles. The number of sulfonamides is 1. The third-order valence-electron chi connectivity index (χ3n) is 4.57. The number of hydrogen-bond acceptors (Lipinski definition) is 3. The van der Waals surface area contributed by atoms with Gasteiger partial charge in [0.25, 0.3) is 0 Å². The predicted molar refractivity (Wildman–Crippen MR) is 110 cm³/mol. The molecule has 27 heavy (non-hydrogen) atoms. The van der Waals surface area contributed by atoms with Crippen molar-refractivity contribution in [1.29, 1.82) is 0 Å². The van der Waals surface area contributed by atoms with Gasteiger partial charge in [-0.3, -0.25) is 4.79 Å². The van der Waals surface area contributed by atoms with Gasteiger partial charge < -0.3 is 5.32 Å². The number of rotatable bonds is 7. The highest BCUT2D eigenvalue weighted by Crippen LogP contribution is 2.22. The molecule has 1 amide bonds. The van der Waals surface area contributed by atoms with Crippen LogP contribution in [-0.4, -0.2) is 20.4 Å². The van der Waals surface area contributed by atoms with Gasteiger partial charge in [0.15, 0.2) is 0 Å². The molecule has 7 heteroatoms. The number of nitrogens with one attached hydrogen (secondary N) is 2. The lowest BCUT2D eigenvalue weighted by Gasteiger charge is -2.24. The van der Waals surface area contributed by atoms with Crippen molar-refractivity contribution >= 4 is 33.2 Å². The second-order valence-corrected chi connectivity index (χ2v) is 8.90. The van der Waals surface area contributed by atoms with Gasteiger partial charge in [-0.1, -0.05) is 55.6 Å². The molecule has 2 N–H and O–H groups in total. The van der Waals surface area contributed by atoms with E-state index in [1.54, 1.807) is 30.3 Å². The van der Waals surface area contributed by atoms with Crippen LogP contribution < -0.4 is 10.0 Å². The first-order valence-corrected chi connectivity index (χ1v) is 10.7. The lowest BCUT2D eigenvalue weighted by molar-refractivity contribution is -0.118. The Morgan fingerprint density at radius 1 is 1.11 bits per heavy atom. The van der Waals surface area contributed by atoms with Crippen molar-refractivity contribution < 1.29 is 13.2 Å². The van der Waals surface area contributed by atoms with Gasteiger partial charge >= 0.3 is 0 Å². The molecular formula is C20H25ClN2O3S. The van der Waals surface area contributed by atoms with Crippen LogP contribution in [0.1, 0.15) is 31.4 Å². The van der Waals surface area contributed by atoms with E-state index in [1.807, 2.05) is 27.7 Å². The molecule has 0 heterocycles. The fourth-order valence-electron chi connectivity index (χ4n) is 2.56. The van der Waals surface area contributed by atoms with Gasteiger partial charge in [-0.05, 0) is 49.6 Å². The average Bonchev–Trinajstić information content (AvgIpc) is 2.62. The predicted octanol–water partition coefficient (Wildman–Crippen LogP) is 4.29. The molecule has 0 aromatic heterocycles. The Bertz CT molecular complexity index is 911. The van der Waals surface area contributed by atoms with Crippen molar-refractivity contribution in [2.75, 3.05) is 5.32 Å². The van der Waals surface area contributed by atoms with E-state index in [2.05, 4.69) is 10.0 Å². The molecule has 0 radical (unpaired) electrons. The SMILES string of the molecule is CC[C@H](C)[C@@H](NS(=O)(=O)c1ccc(C)cc1)C(=O)Nc1cc(Cl)ccc1C. The Balaban J connectivity index is 2.27. The molecule has 0 bridgehead atoms. The molecule has 0 spiro atoms. The van der Waals surface area contributed by atoms with Crippen molar-refractivity contribution in [3.05, 3.63) is 58.6 Å². The highest BCUT2D eigenvalue weighted by Gasteiger charge is 2.30. The number of amides is 1. The van der Waals surface area contributed by atoms with Crippen LogP contribution in [-0.2, 0) is 14.8 Å². The summed E-state index contributed by atoms with van der Waals surface area (Å²) < 4.78 is 28.0. The van der Waals surface area contributed by atoms with E-state index < -0.39 is 22.0 Å². The summed E-state index contributed by atoms with van der Waals surface area (Å²) in [7, 11) is -3.82. The van der Waals surface area contributed by atoms with Crippen molar-refractivity contribution in [3.8, 4) is 0 Å².